The Hall–Kier alpha value is -2.03. The molecule has 0 aliphatic carbocycles. The van der Waals surface area contributed by atoms with Crippen molar-refractivity contribution in [1.82, 2.24) is 10.2 Å². The lowest BCUT2D eigenvalue weighted by Crippen LogP contribution is -2.60. The molecule has 3 heterocycles. The van der Waals surface area contributed by atoms with Gasteiger partial charge in [-0.1, -0.05) is 0 Å². The van der Waals surface area contributed by atoms with Gasteiger partial charge < -0.3 is 14.8 Å². The highest BCUT2D eigenvalue weighted by atomic mass is 19.4. The lowest BCUT2D eigenvalue weighted by atomic mass is 9.81. The van der Waals surface area contributed by atoms with E-state index in [1.165, 1.54) is 5.56 Å². The second-order valence-electron chi connectivity index (χ2n) is 6.43. The van der Waals surface area contributed by atoms with Gasteiger partial charge in [0.1, 0.15) is 0 Å². The third-order valence-electron chi connectivity index (χ3n) is 4.35. The summed E-state index contributed by atoms with van der Waals surface area (Å²) in [5, 5.41) is 10.4. The van der Waals surface area contributed by atoms with Crippen molar-refractivity contribution in [2.75, 3.05) is 13.1 Å². The number of alkyl halides is 3. The Bertz CT molecular complexity index is 585. The lowest BCUT2D eigenvalue weighted by molar-refractivity contribution is -0.192. The third kappa shape index (κ3) is 5.77. The number of furan rings is 1. The van der Waals surface area contributed by atoms with Crippen molar-refractivity contribution in [2.24, 2.45) is 0 Å². The van der Waals surface area contributed by atoms with Gasteiger partial charge in [-0.05, 0) is 38.3 Å². The largest absolute Gasteiger partial charge is 0.490 e. The molecule has 0 aromatic carbocycles. The predicted molar refractivity (Wildman–Crippen MR) is 81.6 cm³/mol. The molecule has 1 aromatic heterocycles. The van der Waals surface area contributed by atoms with Crippen molar-refractivity contribution >= 4 is 11.9 Å². The maximum atomic E-state index is 11.6. The van der Waals surface area contributed by atoms with E-state index in [1.807, 2.05) is 6.07 Å². The molecule has 25 heavy (non-hydrogen) atoms. The molecule has 1 aromatic rings. The Labute approximate surface area is 143 Å². The number of nitrogens with zero attached hydrogens (tertiary/aromatic N) is 1. The number of carboxylic acids is 1. The minimum Gasteiger partial charge on any atom is -0.475 e. The Morgan fingerprint density at radius 2 is 2.04 bits per heavy atom. The number of halogens is 3. The van der Waals surface area contributed by atoms with E-state index in [2.05, 4.69) is 10.2 Å². The highest BCUT2D eigenvalue weighted by molar-refractivity contribution is 5.77. The summed E-state index contributed by atoms with van der Waals surface area (Å²) in [5.41, 5.74) is 1.26. The number of aliphatic carboxylic acids is 1. The maximum Gasteiger partial charge on any atom is 0.490 e. The average Bonchev–Trinajstić information content (AvgIpc) is 2.99. The minimum absolute atomic E-state index is 0.0390. The highest BCUT2D eigenvalue weighted by Crippen LogP contribution is 2.30. The normalized spacial score (nSPS) is 24.4. The van der Waals surface area contributed by atoms with Crippen molar-refractivity contribution in [2.45, 2.75) is 50.4 Å². The molecule has 0 bridgehead atoms. The van der Waals surface area contributed by atoms with Gasteiger partial charge in [-0.3, -0.25) is 9.69 Å². The number of nitrogens with one attached hydrogen (secondary N) is 1. The van der Waals surface area contributed by atoms with E-state index < -0.39 is 12.1 Å². The molecule has 3 rings (SSSR count). The van der Waals surface area contributed by atoms with Gasteiger partial charge in [-0.15, -0.1) is 0 Å². The van der Waals surface area contributed by atoms with Crippen LogP contribution in [0.25, 0.3) is 0 Å². The van der Waals surface area contributed by atoms with Gasteiger partial charge in [-0.2, -0.15) is 13.2 Å². The summed E-state index contributed by atoms with van der Waals surface area (Å²) >= 11 is 0. The van der Waals surface area contributed by atoms with Gasteiger partial charge in [0.25, 0.3) is 0 Å². The molecule has 6 nitrogen and oxygen atoms in total. The van der Waals surface area contributed by atoms with Crippen molar-refractivity contribution < 1.29 is 32.3 Å². The van der Waals surface area contributed by atoms with E-state index in [0.29, 0.717) is 6.42 Å². The van der Waals surface area contributed by atoms with Crippen LogP contribution < -0.4 is 5.32 Å². The molecule has 9 heteroatoms. The number of piperidine rings is 2. The first-order chi connectivity index (χ1) is 11.7. The number of carbonyl (C=O) groups excluding carboxylic acids is 1. The van der Waals surface area contributed by atoms with Crippen LogP contribution in [0.5, 0.6) is 0 Å². The van der Waals surface area contributed by atoms with Gasteiger partial charge in [0.2, 0.25) is 5.91 Å². The Morgan fingerprint density at radius 1 is 1.36 bits per heavy atom. The van der Waals surface area contributed by atoms with Gasteiger partial charge in [0.05, 0.1) is 18.1 Å². The Morgan fingerprint density at radius 3 is 2.60 bits per heavy atom. The quantitative estimate of drug-likeness (QED) is 0.845. The molecule has 2 N–H and O–H groups in total. The monoisotopic (exact) mass is 362 g/mol. The molecule has 2 saturated heterocycles. The molecular weight excluding hydrogens is 341 g/mol. The third-order valence-corrected chi connectivity index (χ3v) is 4.35. The topological polar surface area (TPSA) is 82.8 Å². The number of carboxylic acid groups (broad SMARTS) is 1. The molecule has 2 fully saturated rings. The smallest absolute Gasteiger partial charge is 0.475 e. The van der Waals surface area contributed by atoms with E-state index >= 15 is 0 Å². The van der Waals surface area contributed by atoms with E-state index in [1.54, 1.807) is 12.5 Å². The average molecular weight is 362 g/mol. The molecule has 1 amide bonds. The zero-order valence-corrected chi connectivity index (χ0v) is 13.6. The van der Waals surface area contributed by atoms with Crippen LogP contribution in [0.2, 0.25) is 0 Å². The first kappa shape index (κ1) is 19.3. The fourth-order valence-corrected chi connectivity index (χ4v) is 3.32. The fraction of sp³-hybridized carbons (Fsp3) is 0.625. The van der Waals surface area contributed by atoms with E-state index in [4.69, 9.17) is 14.3 Å². The van der Waals surface area contributed by atoms with Crippen LogP contribution in [0.4, 0.5) is 13.2 Å². The summed E-state index contributed by atoms with van der Waals surface area (Å²) in [5.74, 6) is -2.53. The molecule has 1 atom stereocenters. The van der Waals surface area contributed by atoms with Crippen LogP contribution in [0.1, 0.15) is 37.7 Å². The molecular formula is C16H21F3N2O4. The summed E-state index contributed by atoms with van der Waals surface area (Å²) in [4.78, 5) is 22.9. The summed E-state index contributed by atoms with van der Waals surface area (Å²) in [7, 11) is 0. The van der Waals surface area contributed by atoms with E-state index in [0.717, 1.165) is 45.3 Å². The zero-order chi connectivity index (χ0) is 18.5. The van der Waals surface area contributed by atoms with E-state index in [9.17, 15) is 18.0 Å². The van der Waals surface area contributed by atoms with Crippen molar-refractivity contribution in [3.63, 3.8) is 0 Å². The van der Waals surface area contributed by atoms with Gasteiger partial charge >= 0.3 is 12.1 Å². The zero-order valence-electron chi connectivity index (χ0n) is 13.6. The molecule has 2 aliphatic heterocycles. The highest BCUT2D eigenvalue weighted by Gasteiger charge is 2.39. The summed E-state index contributed by atoms with van der Waals surface area (Å²) in [6, 6.07) is 2.01. The van der Waals surface area contributed by atoms with Gasteiger partial charge in [-0.25, -0.2) is 4.79 Å². The van der Waals surface area contributed by atoms with Crippen molar-refractivity contribution in [1.29, 1.82) is 0 Å². The van der Waals surface area contributed by atoms with Crippen LogP contribution in [-0.4, -0.2) is 46.7 Å². The van der Waals surface area contributed by atoms with Crippen LogP contribution in [0.3, 0.4) is 0 Å². The Kier molecular flexibility index (Phi) is 6.10. The van der Waals surface area contributed by atoms with Crippen LogP contribution in [0.15, 0.2) is 23.0 Å². The number of hydrogen-bond donors (Lipinski definition) is 2. The number of amides is 1. The molecule has 140 valence electrons. The summed E-state index contributed by atoms with van der Waals surface area (Å²) in [6.07, 6.45) is 3.59. The summed E-state index contributed by atoms with van der Waals surface area (Å²) in [6.45, 7) is 3.01. The number of rotatable bonds is 2. The molecule has 2 aliphatic rings. The van der Waals surface area contributed by atoms with E-state index in [-0.39, 0.29) is 11.4 Å². The number of hydrogen-bond acceptors (Lipinski definition) is 4. The Balaban J connectivity index is 0.000000277. The predicted octanol–water partition coefficient (Wildman–Crippen LogP) is 2.55. The maximum absolute atomic E-state index is 11.6. The van der Waals surface area contributed by atoms with Gasteiger partial charge in [0.15, 0.2) is 0 Å². The van der Waals surface area contributed by atoms with Crippen molar-refractivity contribution in [3.8, 4) is 0 Å². The molecule has 1 unspecified atom stereocenters. The van der Waals surface area contributed by atoms with Crippen molar-refractivity contribution in [3.05, 3.63) is 24.2 Å². The number of carbonyl (C=O) groups is 2. The number of likely N-dealkylation sites (tertiary alicyclic amines) is 1. The summed E-state index contributed by atoms with van der Waals surface area (Å²) < 4.78 is 36.8. The minimum atomic E-state index is -5.08. The second-order valence-corrected chi connectivity index (χ2v) is 6.43. The molecule has 0 radical (unpaired) electrons. The first-order valence-corrected chi connectivity index (χ1v) is 8.05. The molecule has 0 saturated carbocycles. The molecule has 1 spiro atoms. The lowest BCUT2D eigenvalue weighted by Gasteiger charge is -2.45. The van der Waals surface area contributed by atoms with Crippen LogP contribution in [-0.2, 0) is 16.1 Å². The fourth-order valence-electron chi connectivity index (χ4n) is 3.32. The first-order valence-electron chi connectivity index (χ1n) is 8.05. The van der Waals surface area contributed by atoms with Gasteiger partial charge in [0, 0.05) is 25.1 Å². The van der Waals surface area contributed by atoms with Crippen LogP contribution in [0, 0.1) is 0 Å². The van der Waals surface area contributed by atoms with Crippen LogP contribution >= 0.6 is 0 Å². The standard InChI is InChI=1S/C14H20N2O2.C2HF3O2/c17-13-3-1-5-14(15-13)6-2-7-16(11-14)9-12-4-8-18-10-12;3-2(4,5)1(6)7/h4,8,10H,1-3,5-7,9,11H2,(H,15,17);(H,6,7). The SMILES string of the molecule is O=C(O)C(F)(F)F.O=C1CCCC2(CCCN(Cc3ccoc3)C2)N1. The second kappa shape index (κ2) is 7.90.